The van der Waals surface area contributed by atoms with Crippen molar-refractivity contribution in [1.29, 1.82) is 0 Å². The van der Waals surface area contributed by atoms with Crippen LogP contribution in [0.5, 0.6) is 0 Å². The van der Waals surface area contributed by atoms with Crippen molar-refractivity contribution in [3.05, 3.63) is 35.7 Å². The monoisotopic (exact) mass is 267 g/mol. The first kappa shape index (κ1) is 12.4. The van der Waals surface area contributed by atoms with E-state index in [1.54, 1.807) is 26.0 Å². The van der Waals surface area contributed by atoms with Crippen molar-refractivity contribution in [1.82, 2.24) is 4.98 Å². The summed E-state index contributed by atoms with van der Waals surface area (Å²) in [6.45, 7) is 3.35. The van der Waals surface area contributed by atoms with Gasteiger partial charge >= 0.3 is 6.01 Å². The van der Waals surface area contributed by atoms with E-state index in [1.807, 2.05) is 0 Å². The zero-order valence-electron chi connectivity index (χ0n) is 9.97. The summed E-state index contributed by atoms with van der Waals surface area (Å²) in [7, 11) is -3.74. The van der Waals surface area contributed by atoms with Gasteiger partial charge in [0.25, 0.3) is 10.0 Å². The Morgan fingerprint density at radius 3 is 2.67 bits per heavy atom. The molecule has 0 saturated heterocycles. The Balaban J connectivity index is 2.40. The van der Waals surface area contributed by atoms with Crippen molar-refractivity contribution in [2.24, 2.45) is 0 Å². The molecular formula is C11H13N3O3S. The smallest absolute Gasteiger partial charge is 0.309 e. The number of anilines is 2. The second kappa shape index (κ2) is 4.34. The van der Waals surface area contributed by atoms with Gasteiger partial charge in [0, 0.05) is 5.69 Å². The average molecular weight is 267 g/mol. The van der Waals surface area contributed by atoms with Crippen LogP contribution in [-0.4, -0.2) is 13.4 Å². The molecule has 0 amide bonds. The standard InChI is InChI=1S/C11H13N3O3S/c1-7-6-17-11(13-7)14-18(15,16)10-5-3-4-9(12)8(10)2/h3-6H,12H2,1-2H3,(H,13,14). The Labute approximate surface area is 105 Å². The number of hydrogen-bond donors (Lipinski definition) is 2. The van der Waals surface area contributed by atoms with Crippen LogP contribution < -0.4 is 10.5 Å². The number of nitrogens with one attached hydrogen (secondary N) is 1. The van der Waals surface area contributed by atoms with Crippen LogP contribution >= 0.6 is 0 Å². The number of aryl methyl sites for hydroxylation is 1. The lowest BCUT2D eigenvalue weighted by atomic mass is 10.2. The van der Waals surface area contributed by atoms with Crippen molar-refractivity contribution in [2.75, 3.05) is 10.5 Å². The van der Waals surface area contributed by atoms with Crippen LogP contribution in [0.15, 0.2) is 33.8 Å². The van der Waals surface area contributed by atoms with E-state index in [1.165, 1.54) is 12.3 Å². The molecule has 1 aromatic carbocycles. The minimum absolute atomic E-state index is 0.0608. The van der Waals surface area contributed by atoms with Crippen LogP contribution in [0.1, 0.15) is 11.3 Å². The molecule has 0 bridgehead atoms. The molecule has 0 unspecified atom stereocenters. The maximum Gasteiger partial charge on any atom is 0.309 e. The van der Waals surface area contributed by atoms with Gasteiger partial charge in [0.15, 0.2) is 0 Å². The summed E-state index contributed by atoms with van der Waals surface area (Å²) >= 11 is 0. The van der Waals surface area contributed by atoms with E-state index >= 15 is 0 Å². The highest BCUT2D eigenvalue weighted by atomic mass is 32.2. The third-order valence-electron chi connectivity index (χ3n) is 2.46. The van der Waals surface area contributed by atoms with Gasteiger partial charge in [0.1, 0.15) is 6.26 Å². The molecule has 2 rings (SSSR count). The Morgan fingerprint density at radius 2 is 2.06 bits per heavy atom. The molecule has 6 nitrogen and oxygen atoms in total. The third-order valence-corrected chi connectivity index (χ3v) is 3.92. The van der Waals surface area contributed by atoms with Gasteiger partial charge < -0.3 is 10.2 Å². The first-order valence-electron chi connectivity index (χ1n) is 5.20. The first-order valence-corrected chi connectivity index (χ1v) is 6.68. The van der Waals surface area contributed by atoms with Gasteiger partial charge in [-0.2, -0.15) is 4.98 Å². The Morgan fingerprint density at radius 1 is 1.33 bits per heavy atom. The van der Waals surface area contributed by atoms with Gasteiger partial charge in [-0.1, -0.05) is 6.07 Å². The molecule has 18 heavy (non-hydrogen) atoms. The molecule has 3 N–H and O–H groups in total. The quantitative estimate of drug-likeness (QED) is 0.824. The molecule has 0 atom stereocenters. The van der Waals surface area contributed by atoms with Crippen LogP contribution in [0.2, 0.25) is 0 Å². The molecule has 96 valence electrons. The largest absolute Gasteiger partial charge is 0.431 e. The van der Waals surface area contributed by atoms with Gasteiger partial charge in [0.2, 0.25) is 0 Å². The van der Waals surface area contributed by atoms with E-state index in [-0.39, 0.29) is 10.9 Å². The molecule has 0 spiro atoms. The van der Waals surface area contributed by atoms with Crippen molar-refractivity contribution in [3.63, 3.8) is 0 Å². The zero-order valence-corrected chi connectivity index (χ0v) is 10.8. The molecule has 1 aromatic heterocycles. The number of aromatic nitrogens is 1. The summed E-state index contributed by atoms with van der Waals surface area (Å²) < 4.78 is 31.5. The van der Waals surface area contributed by atoms with E-state index in [2.05, 4.69) is 9.71 Å². The summed E-state index contributed by atoms with van der Waals surface area (Å²) in [5.74, 6) is 0. The predicted molar refractivity (Wildman–Crippen MR) is 67.6 cm³/mol. The molecule has 0 fully saturated rings. The lowest BCUT2D eigenvalue weighted by molar-refractivity contribution is 0.569. The van der Waals surface area contributed by atoms with Gasteiger partial charge in [-0.05, 0) is 31.5 Å². The maximum atomic E-state index is 12.1. The van der Waals surface area contributed by atoms with Crippen LogP contribution in [-0.2, 0) is 10.0 Å². The zero-order chi connectivity index (χ0) is 13.3. The summed E-state index contributed by atoms with van der Waals surface area (Å²) in [4.78, 5) is 3.99. The summed E-state index contributed by atoms with van der Waals surface area (Å²) in [5.41, 5.74) is 7.19. The van der Waals surface area contributed by atoms with Crippen LogP contribution in [0.4, 0.5) is 11.7 Å². The molecule has 0 saturated carbocycles. The highest BCUT2D eigenvalue weighted by molar-refractivity contribution is 7.92. The highest BCUT2D eigenvalue weighted by Crippen LogP contribution is 2.22. The summed E-state index contributed by atoms with van der Waals surface area (Å²) in [6.07, 6.45) is 1.37. The molecular weight excluding hydrogens is 254 g/mol. The molecule has 0 aliphatic rings. The lowest BCUT2D eigenvalue weighted by Crippen LogP contribution is -2.15. The van der Waals surface area contributed by atoms with Gasteiger partial charge in [0.05, 0.1) is 10.6 Å². The Hall–Kier alpha value is -2.02. The highest BCUT2D eigenvalue weighted by Gasteiger charge is 2.19. The van der Waals surface area contributed by atoms with Gasteiger partial charge in [-0.3, -0.25) is 0 Å². The maximum absolute atomic E-state index is 12.1. The Bertz CT molecular complexity index is 677. The third kappa shape index (κ3) is 2.30. The van der Waals surface area contributed by atoms with Crippen molar-refractivity contribution < 1.29 is 12.8 Å². The van der Waals surface area contributed by atoms with Crippen molar-refractivity contribution >= 4 is 21.7 Å². The number of nitrogens with two attached hydrogens (primary N) is 1. The fraction of sp³-hybridized carbons (Fsp3) is 0.182. The SMILES string of the molecule is Cc1coc(NS(=O)(=O)c2cccc(N)c2C)n1. The van der Waals surface area contributed by atoms with Crippen molar-refractivity contribution in [2.45, 2.75) is 18.7 Å². The van der Waals surface area contributed by atoms with Crippen molar-refractivity contribution in [3.8, 4) is 0 Å². The molecule has 7 heteroatoms. The van der Waals surface area contributed by atoms with E-state index < -0.39 is 10.0 Å². The van der Waals surface area contributed by atoms with E-state index in [4.69, 9.17) is 10.2 Å². The second-order valence-corrected chi connectivity index (χ2v) is 5.52. The van der Waals surface area contributed by atoms with E-state index in [0.29, 0.717) is 16.9 Å². The second-order valence-electron chi connectivity index (χ2n) is 3.87. The molecule has 1 heterocycles. The molecule has 2 aromatic rings. The van der Waals surface area contributed by atoms with Crippen LogP contribution in [0, 0.1) is 13.8 Å². The fourth-order valence-corrected chi connectivity index (χ4v) is 2.71. The predicted octanol–water partition coefficient (Wildman–Crippen LogP) is 1.67. The first-order chi connectivity index (χ1) is 8.40. The van der Waals surface area contributed by atoms with E-state index in [9.17, 15) is 8.42 Å². The molecule has 0 radical (unpaired) electrons. The van der Waals surface area contributed by atoms with Gasteiger partial charge in [-0.15, -0.1) is 0 Å². The number of benzene rings is 1. The Kier molecular flexibility index (Phi) is 3.00. The number of nitrogen functional groups attached to an aromatic ring is 1. The molecule has 0 aliphatic heterocycles. The summed E-state index contributed by atoms with van der Waals surface area (Å²) in [6, 6.07) is 4.64. The van der Waals surface area contributed by atoms with Gasteiger partial charge in [-0.25, -0.2) is 13.1 Å². The number of nitrogens with zero attached hydrogens (tertiary/aromatic N) is 1. The minimum Gasteiger partial charge on any atom is -0.431 e. The fourth-order valence-electron chi connectivity index (χ4n) is 1.49. The lowest BCUT2D eigenvalue weighted by Gasteiger charge is -2.09. The van der Waals surface area contributed by atoms with Crippen LogP contribution in [0.25, 0.3) is 0 Å². The van der Waals surface area contributed by atoms with Crippen LogP contribution in [0.3, 0.4) is 0 Å². The average Bonchev–Trinajstić information content (AvgIpc) is 2.67. The topological polar surface area (TPSA) is 98.2 Å². The number of sulfonamides is 1. The number of rotatable bonds is 3. The normalized spacial score (nSPS) is 11.4. The number of hydrogen-bond acceptors (Lipinski definition) is 5. The number of oxazole rings is 1. The van der Waals surface area contributed by atoms with E-state index in [0.717, 1.165) is 0 Å². The molecule has 0 aliphatic carbocycles. The minimum atomic E-state index is -3.74. The summed E-state index contributed by atoms with van der Waals surface area (Å²) in [5, 5.41) is 0.